The van der Waals surface area contributed by atoms with Crippen LogP contribution in [0.15, 0.2) is 18.3 Å². The van der Waals surface area contributed by atoms with Gasteiger partial charge in [-0.25, -0.2) is 4.79 Å². The zero-order chi connectivity index (χ0) is 14.5. The first-order chi connectivity index (χ1) is 8.80. The summed E-state index contributed by atoms with van der Waals surface area (Å²) < 4.78 is 5.20. The predicted octanol–water partition coefficient (Wildman–Crippen LogP) is 1.78. The minimum atomic E-state index is -0.509. The maximum atomic E-state index is 11.7. The van der Waals surface area contributed by atoms with Gasteiger partial charge in [-0.3, -0.25) is 4.98 Å². The van der Waals surface area contributed by atoms with Crippen LogP contribution in [0.4, 0.5) is 4.79 Å². The van der Waals surface area contributed by atoms with Gasteiger partial charge in [0.05, 0.1) is 0 Å². The molecule has 19 heavy (non-hydrogen) atoms. The summed E-state index contributed by atoms with van der Waals surface area (Å²) in [6, 6.07) is 3.75. The van der Waals surface area contributed by atoms with E-state index in [9.17, 15) is 4.79 Å². The normalized spacial score (nSPS) is 12.9. The van der Waals surface area contributed by atoms with E-state index in [1.54, 1.807) is 6.20 Å². The molecule has 0 saturated carbocycles. The lowest BCUT2D eigenvalue weighted by molar-refractivity contribution is 0.0505. The molecule has 3 N–H and O–H groups in total. The highest BCUT2D eigenvalue weighted by atomic mass is 16.6. The van der Waals surface area contributed by atoms with E-state index in [0.29, 0.717) is 13.0 Å². The third-order valence-corrected chi connectivity index (χ3v) is 2.43. The Morgan fingerprint density at radius 3 is 2.63 bits per heavy atom. The third-order valence-electron chi connectivity index (χ3n) is 2.43. The van der Waals surface area contributed by atoms with Crippen LogP contribution in [0.3, 0.4) is 0 Å². The lowest BCUT2D eigenvalue weighted by Crippen LogP contribution is -2.44. The SMILES string of the molecule is Cc1ccc(CC(CN)NC(=O)OC(C)(C)C)nc1. The number of carbonyl (C=O) groups is 1. The van der Waals surface area contributed by atoms with Gasteiger partial charge in [-0.1, -0.05) is 6.07 Å². The van der Waals surface area contributed by atoms with Crippen molar-refractivity contribution in [2.24, 2.45) is 5.73 Å². The number of carbonyl (C=O) groups excluding carboxylic acids is 1. The van der Waals surface area contributed by atoms with Gasteiger partial charge in [0.2, 0.25) is 0 Å². The van der Waals surface area contributed by atoms with Crippen molar-refractivity contribution in [3.05, 3.63) is 29.6 Å². The number of amides is 1. The second-order valence-corrected chi connectivity index (χ2v) is 5.61. The first-order valence-corrected chi connectivity index (χ1v) is 6.41. The van der Waals surface area contributed by atoms with Crippen LogP contribution in [0.1, 0.15) is 32.0 Å². The number of aryl methyl sites for hydroxylation is 1. The molecular formula is C14H23N3O2. The van der Waals surface area contributed by atoms with Crippen LogP contribution in [-0.4, -0.2) is 29.3 Å². The average Bonchev–Trinajstić information content (AvgIpc) is 2.28. The fourth-order valence-corrected chi connectivity index (χ4v) is 1.54. The Balaban J connectivity index is 2.54. The first kappa shape index (κ1) is 15.4. The Morgan fingerprint density at radius 2 is 2.16 bits per heavy atom. The number of aromatic nitrogens is 1. The number of hydrogen-bond donors (Lipinski definition) is 2. The monoisotopic (exact) mass is 265 g/mol. The van der Waals surface area contributed by atoms with Gasteiger partial charge >= 0.3 is 6.09 Å². The molecule has 0 bridgehead atoms. The number of alkyl carbamates (subject to hydrolysis) is 1. The summed E-state index contributed by atoms with van der Waals surface area (Å²) in [5, 5.41) is 2.76. The van der Waals surface area contributed by atoms with Crippen molar-refractivity contribution in [1.82, 2.24) is 10.3 Å². The molecule has 0 fully saturated rings. The van der Waals surface area contributed by atoms with Crippen molar-refractivity contribution in [3.8, 4) is 0 Å². The van der Waals surface area contributed by atoms with E-state index in [1.807, 2.05) is 39.8 Å². The van der Waals surface area contributed by atoms with E-state index < -0.39 is 11.7 Å². The van der Waals surface area contributed by atoms with Crippen molar-refractivity contribution in [2.45, 2.75) is 45.8 Å². The number of hydrogen-bond acceptors (Lipinski definition) is 4. The molecular weight excluding hydrogens is 242 g/mol. The van der Waals surface area contributed by atoms with Gasteiger partial charge in [-0.15, -0.1) is 0 Å². The lowest BCUT2D eigenvalue weighted by Gasteiger charge is -2.22. The molecule has 0 aromatic carbocycles. The van der Waals surface area contributed by atoms with Gasteiger partial charge in [-0.05, 0) is 39.3 Å². The summed E-state index contributed by atoms with van der Waals surface area (Å²) >= 11 is 0. The molecule has 1 rings (SSSR count). The molecule has 0 radical (unpaired) electrons. The predicted molar refractivity (Wildman–Crippen MR) is 74.9 cm³/mol. The molecule has 5 nitrogen and oxygen atoms in total. The van der Waals surface area contributed by atoms with E-state index in [2.05, 4.69) is 10.3 Å². The summed E-state index contributed by atoms with van der Waals surface area (Å²) in [6.07, 6.45) is 1.95. The summed E-state index contributed by atoms with van der Waals surface area (Å²) in [6.45, 7) is 7.80. The highest BCUT2D eigenvalue weighted by molar-refractivity contribution is 5.68. The number of nitrogens with one attached hydrogen (secondary N) is 1. The maximum absolute atomic E-state index is 11.7. The Kier molecular flexibility index (Phi) is 5.30. The van der Waals surface area contributed by atoms with Crippen LogP contribution in [0, 0.1) is 6.92 Å². The minimum absolute atomic E-state index is 0.176. The molecule has 0 aliphatic heterocycles. The fourth-order valence-electron chi connectivity index (χ4n) is 1.54. The molecule has 1 amide bonds. The Morgan fingerprint density at radius 1 is 1.47 bits per heavy atom. The molecule has 1 aromatic heterocycles. The van der Waals surface area contributed by atoms with Crippen molar-refractivity contribution in [1.29, 1.82) is 0 Å². The molecule has 1 heterocycles. The Hall–Kier alpha value is -1.62. The van der Waals surface area contributed by atoms with Gasteiger partial charge in [0.15, 0.2) is 0 Å². The quantitative estimate of drug-likeness (QED) is 0.870. The second kappa shape index (κ2) is 6.52. The number of pyridine rings is 1. The van der Waals surface area contributed by atoms with Crippen LogP contribution in [0.2, 0.25) is 0 Å². The number of nitrogens with zero attached hydrogens (tertiary/aromatic N) is 1. The smallest absolute Gasteiger partial charge is 0.407 e. The topological polar surface area (TPSA) is 77.2 Å². The van der Waals surface area contributed by atoms with Crippen LogP contribution in [0.5, 0.6) is 0 Å². The number of nitrogens with two attached hydrogens (primary N) is 1. The zero-order valence-corrected chi connectivity index (χ0v) is 12.1. The summed E-state index contributed by atoms with van der Waals surface area (Å²) in [5.41, 5.74) is 7.16. The summed E-state index contributed by atoms with van der Waals surface area (Å²) in [7, 11) is 0. The van der Waals surface area contributed by atoms with Crippen molar-refractivity contribution < 1.29 is 9.53 Å². The Bertz CT molecular complexity index is 410. The van der Waals surface area contributed by atoms with Crippen LogP contribution < -0.4 is 11.1 Å². The van der Waals surface area contributed by atoms with E-state index in [0.717, 1.165) is 11.3 Å². The van der Waals surface area contributed by atoms with Gasteiger partial charge in [-0.2, -0.15) is 0 Å². The highest BCUT2D eigenvalue weighted by Crippen LogP contribution is 2.07. The second-order valence-electron chi connectivity index (χ2n) is 5.61. The third kappa shape index (κ3) is 6.20. The maximum Gasteiger partial charge on any atom is 0.407 e. The van der Waals surface area contributed by atoms with Gasteiger partial charge in [0, 0.05) is 30.9 Å². The molecule has 1 unspecified atom stereocenters. The molecule has 0 spiro atoms. The van der Waals surface area contributed by atoms with Crippen LogP contribution in [0.25, 0.3) is 0 Å². The number of rotatable bonds is 4. The standard InChI is InChI=1S/C14H23N3O2/c1-10-5-6-11(16-9-10)7-12(8-15)17-13(18)19-14(2,3)4/h5-6,9,12H,7-8,15H2,1-4H3,(H,17,18). The largest absolute Gasteiger partial charge is 0.444 e. The fraction of sp³-hybridized carbons (Fsp3) is 0.571. The average molecular weight is 265 g/mol. The molecule has 0 saturated heterocycles. The van der Waals surface area contributed by atoms with Gasteiger partial charge in [0.1, 0.15) is 5.60 Å². The van der Waals surface area contributed by atoms with Crippen molar-refractivity contribution in [2.75, 3.05) is 6.54 Å². The molecule has 106 valence electrons. The lowest BCUT2D eigenvalue weighted by atomic mass is 10.1. The van der Waals surface area contributed by atoms with Crippen molar-refractivity contribution >= 4 is 6.09 Å². The zero-order valence-electron chi connectivity index (χ0n) is 12.1. The highest BCUT2D eigenvalue weighted by Gasteiger charge is 2.19. The molecule has 0 aliphatic rings. The molecule has 5 heteroatoms. The molecule has 0 aliphatic carbocycles. The van der Waals surface area contributed by atoms with E-state index in [1.165, 1.54) is 0 Å². The van der Waals surface area contributed by atoms with Crippen LogP contribution in [-0.2, 0) is 11.2 Å². The molecule has 1 atom stereocenters. The van der Waals surface area contributed by atoms with E-state index in [4.69, 9.17) is 10.5 Å². The summed E-state index contributed by atoms with van der Waals surface area (Å²) in [4.78, 5) is 16.0. The van der Waals surface area contributed by atoms with Crippen molar-refractivity contribution in [3.63, 3.8) is 0 Å². The van der Waals surface area contributed by atoms with Gasteiger partial charge < -0.3 is 15.8 Å². The van der Waals surface area contributed by atoms with Gasteiger partial charge in [0.25, 0.3) is 0 Å². The number of ether oxygens (including phenoxy) is 1. The Labute approximate surface area is 114 Å². The van der Waals surface area contributed by atoms with E-state index in [-0.39, 0.29) is 6.04 Å². The molecule has 1 aromatic rings. The first-order valence-electron chi connectivity index (χ1n) is 6.41. The summed E-state index contributed by atoms with van der Waals surface area (Å²) in [5.74, 6) is 0. The minimum Gasteiger partial charge on any atom is -0.444 e. The van der Waals surface area contributed by atoms with Crippen LogP contribution >= 0.6 is 0 Å². The van der Waals surface area contributed by atoms with E-state index >= 15 is 0 Å².